The lowest BCUT2D eigenvalue weighted by Crippen LogP contribution is -2.40. The van der Waals surface area contributed by atoms with Crippen molar-refractivity contribution in [2.24, 2.45) is 10.9 Å². The van der Waals surface area contributed by atoms with Crippen LogP contribution in [0.1, 0.15) is 37.5 Å². The minimum atomic E-state index is -0.743. The van der Waals surface area contributed by atoms with Crippen molar-refractivity contribution in [1.29, 1.82) is 0 Å². The van der Waals surface area contributed by atoms with Gasteiger partial charge in [0.1, 0.15) is 5.54 Å². The highest BCUT2D eigenvalue weighted by atomic mass is 16.2. The third kappa shape index (κ3) is 2.84. The highest BCUT2D eigenvalue weighted by molar-refractivity contribution is 6.09. The highest BCUT2D eigenvalue weighted by Crippen LogP contribution is 2.26. The molecule has 1 heterocycles. The summed E-state index contributed by atoms with van der Waals surface area (Å²) in [6, 6.07) is 6.20. The average Bonchev–Trinajstić information content (AvgIpc) is 2.63. The molecule has 4 nitrogen and oxygen atoms in total. The summed E-state index contributed by atoms with van der Waals surface area (Å²) in [4.78, 5) is 16.7. The van der Waals surface area contributed by atoms with Crippen LogP contribution in [-0.2, 0) is 10.3 Å². The van der Waals surface area contributed by atoms with E-state index in [0.29, 0.717) is 18.4 Å². The van der Waals surface area contributed by atoms with Crippen LogP contribution in [0.2, 0.25) is 0 Å². The fraction of sp³-hybridized carbons (Fsp3) is 0.500. The number of hydrogen-bond acceptors (Lipinski definition) is 2. The van der Waals surface area contributed by atoms with Crippen LogP contribution in [0.25, 0.3) is 0 Å². The molecule has 2 rings (SSSR count). The molecule has 1 unspecified atom stereocenters. The summed E-state index contributed by atoms with van der Waals surface area (Å²) >= 11 is 0. The summed E-state index contributed by atoms with van der Waals surface area (Å²) < 4.78 is 0. The van der Waals surface area contributed by atoms with Gasteiger partial charge in [-0.1, -0.05) is 43.2 Å². The van der Waals surface area contributed by atoms with Crippen LogP contribution in [0.5, 0.6) is 0 Å². The van der Waals surface area contributed by atoms with Crippen molar-refractivity contribution in [3.8, 4) is 0 Å². The van der Waals surface area contributed by atoms with E-state index in [2.05, 4.69) is 35.5 Å². The third-order valence-corrected chi connectivity index (χ3v) is 3.47. The van der Waals surface area contributed by atoms with Crippen LogP contribution >= 0.6 is 0 Å². The predicted molar refractivity (Wildman–Crippen MR) is 81.7 cm³/mol. The minimum absolute atomic E-state index is 0.0509. The largest absolute Gasteiger partial charge is 0.338 e. The Morgan fingerprint density at radius 1 is 1.20 bits per heavy atom. The summed E-state index contributed by atoms with van der Waals surface area (Å²) in [6.07, 6.45) is 0. The zero-order valence-corrected chi connectivity index (χ0v) is 12.9. The summed E-state index contributed by atoms with van der Waals surface area (Å²) in [7, 11) is 0. The molecule has 108 valence electrons. The molecule has 1 aliphatic rings. The van der Waals surface area contributed by atoms with E-state index in [-0.39, 0.29) is 5.91 Å². The first-order valence-electron chi connectivity index (χ1n) is 7.04. The van der Waals surface area contributed by atoms with Crippen LogP contribution in [0.15, 0.2) is 23.2 Å². The topological polar surface area (TPSA) is 53.5 Å². The first-order chi connectivity index (χ1) is 9.31. The molecule has 2 N–H and O–H groups in total. The summed E-state index contributed by atoms with van der Waals surface area (Å²) in [6.45, 7) is 10.9. The minimum Gasteiger partial charge on any atom is -0.338 e. The van der Waals surface area contributed by atoms with Crippen molar-refractivity contribution in [1.82, 2.24) is 10.6 Å². The second-order valence-electron chi connectivity index (χ2n) is 6.16. The van der Waals surface area contributed by atoms with E-state index < -0.39 is 5.54 Å². The molecular weight excluding hydrogens is 250 g/mol. The molecule has 0 bridgehead atoms. The SMILES string of the molecule is Cc1cc(C)cc(C2(C)NC(=NCC(C)C)NC2=O)c1. The standard InChI is InChI=1S/C16H23N3O/c1-10(2)9-17-15-18-14(20)16(5,19-15)13-7-11(3)6-12(4)8-13/h6-8,10H,9H2,1-5H3,(H2,17,18,19,20). The lowest BCUT2D eigenvalue weighted by atomic mass is 9.90. The average molecular weight is 273 g/mol. The maximum absolute atomic E-state index is 12.3. The number of aliphatic imine (C=N–C) groups is 1. The van der Waals surface area contributed by atoms with Gasteiger partial charge in [0.15, 0.2) is 5.96 Å². The van der Waals surface area contributed by atoms with Crippen LogP contribution in [0, 0.1) is 19.8 Å². The molecule has 0 saturated carbocycles. The van der Waals surface area contributed by atoms with Crippen molar-refractivity contribution < 1.29 is 4.79 Å². The predicted octanol–water partition coefficient (Wildman–Crippen LogP) is 2.25. The fourth-order valence-electron chi connectivity index (χ4n) is 2.38. The Bertz CT molecular complexity index is 543. The molecule has 20 heavy (non-hydrogen) atoms. The highest BCUT2D eigenvalue weighted by Gasteiger charge is 2.42. The molecule has 0 radical (unpaired) electrons. The van der Waals surface area contributed by atoms with Gasteiger partial charge in [-0.05, 0) is 32.3 Å². The Morgan fingerprint density at radius 3 is 2.35 bits per heavy atom. The summed E-state index contributed by atoms with van der Waals surface area (Å²) in [5.74, 6) is 0.990. The Kier molecular flexibility index (Phi) is 3.84. The third-order valence-electron chi connectivity index (χ3n) is 3.47. The molecule has 1 aromatic rings. The van der Waals surface area contributed by atoms with E-state index in [4.69, 9.17) is 0 Å². The number of carbonyl (C=O) groups excluding carboxylic acids is 1. The molecule has 0 aliphatic carbocycles. The molecule has 1 atom stereocenters. The molecule has 1 saturated heterocycles. The maximum Gasteiger partial charge on any atom is 0.256 e. The molecule has 1 fully saturated rings. The van der Waals surface area contributed by atoms with E-state index in [0.717, 1.165) is 16.7 Å². The van der Waals surface area contributed by atoms with Gasteiger partial charge in [-0.3, -0.25) is 15.1 Å². The van der Waals surface area contributed by atoms with Crippen LogP contribution in [-0.4, -0.2) is 18.4 Å². The van der Waals surface area contributed by atoms with E-state index in [9.17, 15) is 4.79 Å². The van der Waals surface area contributed by atoms with Gasteiger partial charge in [-0.2, -0.15) is 0 Å². The molecule has 1 amide bonds. The molecule has 0 aromatic heterocycles. The first-order valence-corrected chi connectivity index (χ1v) is 7.04. The van der Waals surface area contributed by atoms with Gasteiger partial charge in [-0.25, -0.2) is 0 Å². The first kappa shape index (κ1) is 14.6. The number of amides is 1. The molecule has 1 aliphatic heterocycles. The van der Waals surface area contributed by atoms with Crippen molar-refractivity contribution in [2.45, 2.75) is 40.2 Å². The van der Waals surface area contributed by atoms with Crippen LogP contribution < -0.4 is 10.6 Å². The lowest BCUT2D eigenvalue weighted by Gasteiger charge is -2.22. The van der Waals surface area contributed by atoms with Crippen LogP contribution in [0.4, 0.5) is 0 Å². The second-order valence-corrected chi connectivity index (χ2v) is 6.16. The Hall–Kier alpha value is -1.84. The second kappa shape index (κ2) is 5.27. The number of nitrogens with zero attached hydrogens (tertiary/aromatic N) is 1. The van der Waals surface area contributed by atoms with Gasteiger partial charge in [0.2, 0.25) is 0 Å². The number of nitrogens with one attached hydrogen (secondary N) is 2. The lowest BCUT2D eigenvalue weighted by molar-refractivity contribution is -0.123. The van der Waals surface area contributed by atoms with Gasteiger partial charge < -0.3 is 5.32 Å². The van der Waals surface area contributed by atoms with E-state index >= 15 is 0 Å². The number of rotatable bonds is 3. The Balaban J connectivity index is 2.30. The monoisotopic (exact) mass is 273 g/mol. The maximum atomic E-state index is 12.3. The fourth-order valence-corrected chi connectivity index (χ4v) is 2.38. The van der Waals surface area contributed by atoms with Gasteiger partial charge in [0.25, 0.3) is 5.91 Å². The van der Waals surface area contributed by atoms with E-state index in [1.165, 1.54) is 0 Å². The Labute approximate surface area is 120 Å². The van der Waals surface area contributed by atoms with E-state index in [1.807, 2.05) is 32.9 Å². The van der Waals surface area contributed by atoms with Crippen LogP contribution in [0.3, 0.4) is 0 Å². The van der Waals surface area contributed by atoms with Crippen molar-refractivity contribution >= 4 is 11.9 Å². The molecule has 0 spiro atoms. The number of hydrogen-bond donors (Lipinski definition) is 2. The smallest absolute Gasteiger partial charge is 0.256 e. The van der Waals surface area contributed by atoms with Gasteiger partial charge >= 0.3 is 0 Å². The number of benzene rings is 1. The number of carbonyl (C=O) groups is 1. The van der Waals surface area contributed by atoms with Gasteiger partial charge in [-0.15, -0.1) is 0 Å². The number of guanidine groups is 1. The zero-order valence-electron chi connectivity index (χ0n) is 12.9. The normalized spacial score (nSPS) is 24.1. The summed E-state index contributed by atoms with van der Waals surface area (Å²) in [5.41, 5.74) is 2.54. The molecule has 1 aromatic carbocycles. The summed E-state index contributed by atoms with van der Waals surface area (Å²) in [5, 5.41) is 6.07. The van der Waals surface area contributed by atoms with Crippen molar-refractivity contribution in [3.05, 3.63) is 34.9 Å². The van der Waals surface area contributed by atoms with Crippen molar-refractivity contribution in [2.75, 3.05) is 6.54 Å². The molecule has 4 heteroatoms. The van der Waals surface area contributed by atoms with Crippen molar-refractivity contribution in [3.63, 3.8) is 0 Å². The zero-order chi connectivity index (χ0) is 14.9. The number of aryl methyl sites for hydroxylation is 2. The Morgan fingerprint density at radius 2 is 1.80 bits per heavy atom. The van der Waals surface area contributed by atoms with Gasteiger partial charge in [0, 0.05) is 6.54 Å². The molecular formula is C16H23N3O. The quantitative estimate of drug-likeness (QED) is 0.887. The van der Waals surface area contributed by atoms with E-state index in [1.54, 1.807) is 0 Å². The van der Waals surface area contributed by atoms with Gasteiger partial charge in [0.05, 0.1) is 0 Å².